The number of aromatic nitrogens is 1. The van der Waals surface area contributed by atoms with Crippen molar-refractivity contribution in [2.45, 2.75) is 13.5 Å². The van der Waals surface area contributed by atoms with E-state index in [1.54, 1.807) is 12.1 Å². The molecule has 1 aromatic heterocycles. The summed E-state index contributed by atoms with van der Waals surface area (Å²) in [4.78, 5) is 41.9. The number of rotatable bonds is 6. The lowest BCUT2D eigenvalue weighted by molar-refractivity contribution is -0.119. The highest BCUT2D eigenvalue weighted by Gasteiger charge is 2.31. The fourth-order valence-corrected chi connectivity index (χ4v) is 4.02. The summed E-state index contributed by atoms with van der Waals surface area (Å²) in [5.74, 6) is -0.643. The van der Waals surface area contributed by atoms with E-state index in [1.807, 2.05) is 41.8 Å². The van der Waals surface area contributed by atoms with Crippen LogP contribution in [0.25, 0.3) is 17.0 Å². The molecule has 1 aliphatic heterocycles. The Labute approximate surface area is 183 Å². The number of hydrogen-bond donors (Lipinski definition) is 2. The average Bonchev–Trinajstić information content (AvgIpc) is 3.32. The summed E-state index contributed by atoms with van der Waals surface area (Å²) >= 11 is 1.31. The Morgan fingerprint density at radius 1 is 1.10 bits per heavy atom. The van der Waals surface area contributed by atoms with Crippen molar-refractivity contribution in [2.24, 2.45) is 0 Å². The molecule has 3 aromatic rings. The third-order valence-electron chi connectivity index (χ3n) is 4.88. The number of anilines is 1. The minimum atomic E-state index is -0.339. The molecule has 8 heteroatoms. The number of carbonyl (C=O) groups excluding carboxylic acids is 3. The minimum absolute atomic E-state index is 0.0768. The Kier molecular flexibility index (Phi) is 5.64. The predicted molar refractivity (Wildman–Crippen MR) is 120 cm³/mol. The van der Waals surface area contributed by atoms with Crippen LogP contribution in [0.2, 0.25) is 0 Å². The van der Waals surface area contributed by atoms with Gasteiger partial charge in [-0.1, -0.05) is 49.0 Å². The first-order valence-corrected chi connectivity index (χ1v) is 10.5. The molecule has 3 amide bonds. The first-order valence-electron chi connectivity index (χ1n) is 9.61. The van der Waals surface area contributed by atoms with Crippen LogP contribution in [0.4, 0.5) is 5.13 Å². The number of thiazole rings is 1. The second kappa shape index (κ2) is 8.53. The van der Waals surface area contributed by atoms with E-state index >= 15 is 0 Å². The highest BCUT2D eigenvalue weighted by atomic mass is 32.1. The van der Waals surface area contributed by atoms with Crippen molar-refractivity contribution in [1.29, 1.82) is 0 Å². The molecule has 2 N–H and O–H groups in total. The van der Waals surface area contributed by atoms with E-state index in [9.17, 15) is 14.4 Å². The number of nitrogens with zero attached hydrogens (tertiary/aromatic N) is 2. The molecule has 0 bridgehead atoms. The summed E-state index contributed by atoms with van der Waals surface area (Å²) in [6, 6.07) is 14.9. The highest BCUT2D eigenvalue weighted by Crippen LogP contribution is 2.31. The molecule has 31 heavy (non-hydrogen) atoms. The molecular formula is C23H20N4O3S. The van der Waals surface area contributed by atoms with E-state index in [1.165, 1.54) is 23.2 Å². The number of nitrogens with one attached hydrogen (secondary N) is 2. The first-order chi connectivity index (χ1) is 14.9. The second-order valence-electron chi connectivity index (χ2n) is 7.08. The summed E-state index contributed by atoms with van der Waals surface area (Å²) < 4.78 is 0. The van der Waals surface area contributed by atoms with Gasteiger partial charge in [-0.15, -0.1) is 11.3 Å². The molecule has 7 nitrogen and oxygen atoms in total. The van der Waals surface area contributed by atoms with Crippen LogP contribution in [0, 0.1) is 0 Å². The zero-order chi connectivity index (χ0) is 22.0. The summed E-state index contributed by atoms with van der Waals surface area (Å²) in [5, 5.41) is 7.82. The van der Waals surface area contributed by atoms with Gasteiger partial charge in [0.2, 0.25) is 11.8 Å². The van der Waals surface area contributed by atoms with Gasteiger partial charge >= 0.3 is 0 Å². The van der Waals surface area contributed by atoms with Gasteiger partial charge < -0.3 is 10.6 Å². The van der Waals surface area contributed by atoms with E-state index in [2.05, 4.69) is 22.2 Å². The van der Waals surface area contributed by atoms with Gasteiger partial charge in [0.25, 0.3) is 5.91 Å². The smallest absolute Gasteiger partial charge is 0.259 e. The van der Waals surface area contributed by atoms with Crippen molar-refractivity contribution in [1.82, 2.24) is 15.2 Å². The Morgan fingerprint density at radius 2 is 1.81 bits per heavy atom. The number of carbonyl (C=O) groups is 3. The van der Waals surface area contributed by atoms with Crippen molar-refractivity contribution in [3.63, 3.8) is 0 Å². The maximum Gasteiger partial charge on any atom is 0.259 e. The fourth-order valence-electron chi connectivity index (χ4n) is 3.29. The summed E-state index contributed by atoms with van der Waals surface area (Å²) in [6.07, 6.45) is 0. The molecule has 0 fully saturated rings. The molecule has 0 spiro atoms. The van der Waals surface area contributed by atoms with Crippen molar-refractivity contribution in [3.8, 4) is 11.3 Å². The van der Waals surface area contributed by atoms with Crippen LogP contribution in [0.15, 0.2) is 60.5 Å². The predicted octanol–water partition coefficient (Wildman–Crippen LogP) is 3.51. The summed E-state index contributed by atoms with van der Waals surface area (Å²) in [7, 11) is 0. The molecule has 0 radical (unpaired) electrons. The molecule has 0 saturated heterocycles. The Hall–Kier alpha value is -3.78. The lowest BCUT2D eigenvalue weighted by Gasteiger charge is -2.16. The van der Waals surface area contributed by atoms with Gasteiger partial charge in [0.05, 0.1) is 5.69 Å². The Balaban J connectivity index is 1.38. The number of benzene rings is 2. The third kappa shape index (κ3) is 4.39. The summed E-state index contributed by atoms with van der Waals surface area (Å²) in [6.45, 7) is 5.77. The molecule has 2 heterocycles. The first kappa shape index (κ1) is 20.5. The van der Waals surface area contributed by atoms with Crippen LogP contribution in [0.5, 0.6) is 0 Å². The molecule has 0 aliphatic carbocycles. The Bertz CT molecular complexity index is 1150. The van der Waals surface area contributed by atoms with Crippen LogP contribution in [0.1, 0.15) is 28.4 Å². The van der Waals surface area contributed by atoms with Gasteiger partial charge in [0, 0.05) is 41.2 Å². The van der Waals surface area contributed by atoms with E-state index in [0.717, 1.165) is 22.4 Å². The van der Waals surface area contributed by atoms with Gasteiger partial charge in [-0.25, -0.2) is 4.98 Å². The van der Waals surface area contributed by atoms with Gasteiger partial charge in [0.1, 0.15) is 6.54 Å². The van der Waals surface area contributed by atoms with Gasteiger partial charge in [0.15, 0.2) is 5.13 Å². The largest absolute Gasteiger partial charge is 0.352 e. The number of hydrogen-bond acceptors (Lipinski definition) is 5. The van der Waals surface area contributed by atoms with E-state index < -0.39 is 0 Å². The highest BCUT2D eigenvalue weighted by molar-refractivity contribution is 7.14. The maximum atomic E-state index is 12.5. The van der Waals surface area contributed by atoms with Crippen LogP contribution in [-0.2, 0) is 16.1 Å². The van der Waals surface area contributed by atoms with E-state index in [0.29, 0.717) is 22.9 Å². The average molecular weight is 433 g/mol. The molecular weight excluding hydrogens is 412 g/mol. The van der Waals surface area contributed by atoms with Gasteiger partial charge in [-0.2, -0.15) is 0 Å². The molecule has 0 saturated carbocycles. The van der Waals surface area contributed by atoms with Crippen molar-refractivity contribution >= 4 is 39.9 Å². The zero-order valence-electron chi connectivity index (χ0n) is 16.8. The number of fused-ring (bicyclic) bond motifs is 1. The van der Waals surface area contributed by atoms with Crippen LogP contribution < -0.4 is 10.6 Å². The monoisotopic (exact) mass is 432 g/mol. The van der Waals surface area contributed by atoms with Crippen LogP contribution >= 0.6 is 11.3 Å². The van der Waals surface area contributed by atoms with Crippen molar-refractivity contribution in [2.75, 3.05) is 11.9 Å². The van der Waals surface area contributed by atoms with Crippen LogP contribution in [-0.4, -0.2) is 34.2 Å². The standard InChI is InChI=1S/C23H20N4O3S/c1-14-18-5-3-4-6-19(18)22(30)27(14)12-21(29)26-23-25-20(13-31-23)17-9-7-16(8-10-17)11-24-15(2)28/h3-10,13H,1,11-12H2,2H3,(H,24,28)(H,25,26,29). The normalized spacial score (nSPS) is 12.6. The Morgan fingerprint density at radius 3 is 2.48 bits per heavy atom. The molecule has 1 aliphatic rings. The minimum Gasteiger partial charge on any atom is -0.352 e. The van der Waals surface area contributed by atoms with Crippen molar-refractivity contribution in [3.05, 3.63) is 77.2 Å². The SMILES string of the molecule is C=C1c2ccccc2C(=O)N1CC(=O)Nc1nc(-c2ccc(CNC(C)=O)cc2)cs1. The molecule has 2 aromatic carbocycles. The lowest BCUT2D eigenvalue weighted by Crippen LogP contribution is -2.32. The molecule has 156 valence electrons. The van der Waals surface area contributed by atoms with E-state index in [-0.39, 0.29) is 24.3 Å². The maximum absolute atomic E-state index is 12.5. The summed E-state index contributed by atoms with van der Waals surface area (Å²) in [5.41, 5.74) is 4.45. The van der Waals surface area contributed by atoms with Crippen LogP contribution in [0.3, 0.4) is 0 Å². The van der Waals surface area contributed by atoms with Gasteiger partial charge in [-0.3, -0.25) is 19.3 Å². The molecule has 0 unspecified atom stereocenters. The quantitative estimate of drug-likeness (QED) is 0.624. The number of amides is 3. The molecule has 0 atom stereocenters. The second-order valence-corrected chi connectivity index (χ2v) is 7.93. The lowest BCUT2D eigenvalue weighted by atomic mass is 10.1. The van der Waals surface area contributed by atoms with Gasteiger partial charge in [-0.05, 0) is 11.6 Å². The fraction of sp³-hybridized carbons (Fsp3) is 0.130. The van der Waals surface area contributed by atoms with E-state index in [4.69, 9.17) is 0 Å². The zero-order valence-corrected chi connectivity index (χ0v) is 17.7. The van der Waals surface area contributed by atoms with Crippen molar-refractivity contribution < 1.29 is 14.4 Å². The third-order valence-corrected chi connectivity index (χ3v) is 5.64. The topological polar surface area (TPSA) is 91.4 Å². The molecule has 4 rings (SSSR count).